The molecule has 0 amide bonds. The average molecular weight is 653 g/mol. The molecule has 0 N–H and O–H groups in total. The van der Waals surface area contributed by atoms with Crippen molar-refractivity contribution in [2.24, 2.45) is 11.8 Å². The Hall–Kier alpha value is -5.42. The predicted octanol–water partition coefficient (Wildman–Crippen LogP) is 5.42. The highest BCUT2D eigenvalue weighted by molar-refractivity contribution is 6.06. The highest BCUT2D eigenvalue weighted by Gasteiger charge is 2.53. The van der Waals surface area contributed by atoms with Gasteiger partial charge in [-0.3, -0.25) is 28.8 Å². The number of ketones is 1. The fourth-order valence-corrected chi connectivity index (χ4v) is 6.32. The molecule has 1 aliphatic carbocycles. The molecule has 246 valence electrons. The molecule has 11 heteroatoms. The molecule has 0 aromatic heterocycles. The molecule has 6 rings (SSSR count). The summed E-state index contributed by atoms with van der Waals surface area (Å²) in [6, 6.07) is 20.9. The Kier molecular flexibility index (Phi) is 9.86. The van der Waals surface area contributed by atoms with E-state index >= 15 is 0 Å². The van der Waals surface area contributed by atoms with Gasteiger partial charge in [-0.1, -0.05) is 61.0 Å². The summed E-state index contributed by atoms with van der Waals surface area (Å²) in [6.45, 7) is 0.311. The van der Waals surface area contributed by atoms with Gasteiger partial charge in [-0.25, -0.2) is 0 Å². The molecule has 0 spiro atoms. The van der Waals surface area contributed by atoms with Crippen molar-refractivity contribution < 1.29 is 52.8 Å². The highest BCUT2D eigenvalue weighted by atomic mass is 17.2. The lowest BCUT2D eigenvalue weighted by Crippen LogP contribution is -2.31. The van der Waals surface area contributed by atoms with Gasteiger partial charge in [-0.05, 0) is 72.2 Å². The molecule has 2 fully saturated rings. The topological polar surface area (TPSA) is 149 Å². The second-order valence-corrected chi connectivity index (χ2v) is 11.9. The number of rotatable bonds is 13. The maximum absolute atomic E-state index is 12.6. The maximum Gasteiger partial charge on any atom is 0.321 e. The number of esters is 5. The van der Waals surface area contributed by atoms with Crippen LogP contribution >= 0.6 is 0 Å². The second kappa shape index (κ2) is 14.6. The van der Waals surface area contributed by atoms with E-state index in [9.17, 15) is 28.8 Å². The molecule has 3 aromatic carbocycles. The van der Waals surface area contributed by atoms with E-state index in [2.05, 4.69) is 0 Å². The normalized spacial score (nSPS) is 21.4. The van der Waals surface area contributed by atoms with Crippen LogP contribution < -0.4 is 9.62 Å². The van der Waals surface area contributed by atoms with E-state index in [1.807, 2.05) is 30.3 Å². The molecule has 2 heterocycles. The smallest absolute Gasteiger partial charge is 0.321 e. The molecule has 3 aliphatic rings. The molecule has 48 heavy (non-hydrogen) atoms. The van der Waals surface area contributed by atoms with Crippen molar-refractivity contribution in [3.05, 3.63) is 101 Å². The van der Waals surface area contributed by atoms with Crippen LogP contribution in [0.4, 0.5) is 0 Å². The molecule has 2 aliphatic heterocycles. The fourth-order valence-electron chi connectivity index (χ4n) is 6.32. The number of unbranched alkanes of at least 4 members (excludes halogenated alkanes) is 2. The number of fused-ring (bicyclic) bond motifs is 3. The van der Waals surface area contributed by atoms with Gasteiger partial charge in [-0.15, -0.1) is 0 Å². The van der Waals surface area contributed by atoms with E-state index in [1.54, 1.807) is 42.5 Å². The maximum atomic E-state index is 12.6. The molecule has 4 atom stereocenters. The summed E-state index contributed by atoms with van der Waals surface area (Å²) in [4.78, 5) is 84.5. The summed E-state index contributed by atoms with van der Waals surface area (Å²) in [5, 5.41) is 0. The molecular formula is C37H32O11. The summed E-state index contributed by atoms with van der Waals surface area (Å²) in [7, 11) is 0. The summed E-state index contributed by atoms with van der Waals surface area (Å²) in [5.74, 6) is -5.43. The minimum Gasteiger partial charge on any atom is -0.427 e. The molecule has 3 aromatic rings. The lowest BCUT2D eigenvalue weighted by Gasteiger charge is -2.33. The fraction of sp³-hybridized carbons (Fsp3) is 0.297. The minimum absolute atomic E-state index is 0.0797. The van der Waals surface area contributed by atoms with E-state index in [4.69, 9.17) is 24.0 Å². The van der Waals surface area contributed by atoms with Crippen molar-refractivity contribution in [2.75, 3.05) is 6.61 Å². The zero-order valence-electron chi connectivity index (χ0n) is 25.8. The first kappa shape index (κ1) is 32.5. The average Bonchev–Trinajstić information content (AvgIpc) is 3.58. The van der Waals surface area contributed by atoms with Gasteiger partial charge in [0.2, 0.25) is 0 Å². The van der Waals surface area contributed by atoms with Crippen LogP contribution in [0.2, 0.25) is 0 Å². The van der Waals surface area contributed by atoms with Crippen LogP contribution in [0.3, 0.4) is 0 Å². The summed E-state index contributed by atoms with van der Waals surface area (Å²) >= 11 is 0. The Bertz CT molecular complexity index is 1760. The van der Waals surface area contributed by atoms with Gasteiger partial charge in [0, 0.05) is 12.0 Å². The number of hydrogen-bond donors (Lipinski definition) is 0. The Labute approximate surface area is 275 Å². The molecular weight excluding hydrogens is 620 g/mol. The van der Waals surface area contributed by atoms with E-state index in [0.717, 1.165) is 5.56 Å². The van der Waals surface area contributed by atoms with Crippen molar-refractivity contribution in [1.82, 2.24) is 0 Å². The standard InChI is InChI=1S/C37H32O11/c38-31(23-7-3-1-4-8-23)17-12-22-10-13-24(14-11-22)48-44-18-6-2-5-9-32(39)45-25-15-16-26-27(29-21-33(40)46-35(29)41)20-30-34(28(26)19-25)37(43)47-36(30)42/h1,3-4,7-8,10-17,19,27,29-30,34H,2,5-6,9,18,20-21H2/b17-12+. The third-order valence-electron chi connectivity index (χ3n) is 8.71. The van der Waals surface area contributed by atoms with Crippen molar-refractivity contribution in [3.63, 3.8) is 0 Å². The Morgan fingerprint density at radius 3 is 2.25 bits per heavy atom. The van der Waals surface area contributed by atoms with Crippen molar-refractivity contribution >= 4 is 41.7 Å². The summed E-state index contributed by atoms with van der Waals surface area (Å²) in [5.41, 5.74) is 2.54. The summed E-state index contributed by atoms with van der Waals surface area (Å²) < 4.78 is 15.2. The van der Waals surface area contributed by atoms with Gasteiger partial charge in [-0.2, -0.15) is 4.89 Å². The van der Waals surface area contributed by atoms with Gasteiger partial charge in [0.25, 0.3) is 0 Å². The van der Waals surface area contributed by atoms with Crippen LogP contribution in [0.5, 0.6) is 11.5 Å². The SMILES string of the molecule is O=C1CC(C2CC3C(=O)OC(=O)C3c3cc(OC(=O)CCCCCOOc4ccc(/C=C/C(=O)c5ccccc5)cc4)ccc32)C(=O)O1. The first-order valence-electron chi connectivity index (χ1n) is 15.8. The van der Waals surface area contributed by atoms with Gasteiger partial charge in [0.05, 0.1) is 30.8 Å². The van der Waals surface area contributed by atoms with Crippen molar-refractivity contribution in [3.8, 4) is 11.5 Å². The van der Waals surface area contributed by atoms with E-state index in [0.29, 0.717) is 48.3 Å². The van der Waals surface area contributed by atoms with Crippen molar-refractivity contribution in [1.29, 1.82) is 0 Å². The van der Waals surface area contributed by atoms with Gasteiger partial charge < -0.3 is 19.1 Å². The quantitative estimate of drug-likeness (QED) is 0.0341. The van der Waals surface area contributed by atoms with Gasteiger partial charge in [0.15, 0.2) is 11.5 Å². The van der Waals surface area contributed by atoms with Gasteiger partial charge >= 0.3 is 29.8 Å². The van der Waals surface area contributed by atoms with Crippen molar-refractivity contribution in [2.45, 2.75) is 50.4 Å². The summed E-state index contributed by atoms with van der Waals surface area (Å²) in [6.07, 6.45) is 5.32. The molecule has 0 radical (unpaired) electrons. The minimum atomic E-state index is -0.872. The number of ether oxygens (including phenoxy) is 3. The first-order chi connectivity index (χ1) is 23.3. The van der Waals surface area contributed by atoms with Crippen LogP contribution in [0.15, 0.2) is 78.9 Å². The highest BCUT2D eigenvalue weighted by Crippen LogP contribution is 2.51. The molecule has 4 unspecified atom stereocenters. The van der Waals surface area contributed by atoms with E-state index in [1.165, 1.54) is 12.1 Å². The van der Waals surface area contributed by atoms with Gasteiger partial charge in [0.1, 0.15) is 5.75 Å². The predicted molar refractivity (Wildman–Crippen MR) is 167 cm³/mol. The van der Waals surface area contributed by atoms with Crippen LogP contribution in [-0.2, 0) is 38.3 Å². The Balaban J connectivity index is 0.936. The number of carbonyl (C=O) groups is 6. The number of hydrogen-bond acceptors (Lipinski definition) is 11. The third-order valence-corrected chi connectivity index (χ3v) is 8.71. The third kappa shape index (κ3) is 7.42. The molecule has 11 nitrogen and oxygen atoms in total. The first-order valence-corrected chi connectivity index (χ1v) is 15.8. The molecule has 2 saturated heterocycles. The van der Waals surface area contributed by atoms with Crippen LogP contribution in [-0.4, -0.2) is 42.2 Å². The lowest BCUT2D eigenvalue weighted by molar-refractivity contribution is -0.207. The monoisotopic (exact) mass is 652 g/mol. The van der Waals surface area contributed by atoms with E-state index < -0.39 is 53.5 Å². The van der Waals surface area contributed by atoms with Crippen LogP contribution in [0.25, 0.3) is 6.08 Å². The molecule has 0 saturated carbocycles. The number of allylic oxidation sites excluding steroid dienone is 1. The van der Waals surface area contributed by atoms with Crippen LogP contribution in [0, 0.1) is 11.8 Å². The largest absolute Gasteiger partial charge is 0.427 e. The zero-order chi connectivity index (χ0) is 33.6. The van der Waals surface area contributed by atoms with E-state index in [-0.39, 0.29) is 30.8 Å². The zero-order valence-corrected chi connectivity index (χ0v) is 25.8. The molecule has 0 bridgehead atoms. The Morgan fingerprint density at radius 1 is 0.750 bits per heavy atom. The lowest BCUT2D eigenvalue weighted by atomic mass is 9.67. The number of cyclic esters (lactones) is 4. The number of carbonyl (C=O) groups excluding carboxylic acids is 6. The van der Waals surface area contributed by atoms with Crippen LogP contribution in [0.1, 0.15) is 77.4 Å². The number of benzene rings is 3. The second-order valence-electron chi connectivity index (χ2n) is 11.9. The Morgan fingerprint density at radius 2 is 1.50 bits per heavy atom.